The first kappa shape index (κ1) is 31.5. The largest absolute Gasteiger partial charge is 0.347 e. The second-order valence-corrected chi connectivity index (χ2v) is 11.7. The molecule has 0 saturated carbocycles. The second kappa shape index (κ2) is 15.6. The molecule has 0 amide bonds. The first-order valence-electron chi connectivity index (χ1n) is 14.1. The van der Waals surface area contributed by atoms with E-state index in [4.69, 9.17) is 14.3 Å². The first-order valence-corrected chi connectivity index (χ1v) is 15.2. The molecule has 2 aromatic carbocycles. The van der Waals surface area contributed by atoms with Gasteiger partial charge in [-0.15, -0.1) is 0 Å². The summed E-state index contributed by atoms with van der Waals surface area (Å²) in [6.45, 7) is 16.8. The second-order valence-electron chi connectivity index (χ2n) is 10.3. The Bertz CT molecular complexity index is 1360. The Balaban J connectivity index is 1.73. The van der Waals surface area contributed by atoms with E-state index in [-0.39, 0.29) is 12.1 Å². The summed E-state index contributed by atoms with van der Waals surface area (Å²) in [7, 11) is 0.831. The molecule has 0 spiro atoms. The van der Waals surface area contributed by atoms with Crippen molar-refractivity contribution >= 4 is 43.0 Å². The molecule has 40 heavy (non-hydrogen) atoms. The van der Waals surface area contributed by atoms with Gasteiger partial charge in [0.15, 0.2) is 0 Å². The highest BCUT2D eigenvalue weighted by Gasteiger charge is 2.27. The highest BCUT2D eigenvalue weighted by Crippen LogP contribution is 2.46. The molecule has 0 saturated heterocycles. The van der Waals surface area contributed by atoms with E-state index in [0.717, 1.165) is 29.8 Å². The molecule has 7 heteroatoms. The van der Waals surface area contributed by atoms with Gasteiger partial charge in [0.1, 0.15) is 13.3 Å². The summed E-state index contributed by atoms with van der Waals surface area (Å²) < 4.78 is 19.0. The smallest absolute Gasteiger partial charge is 0.259 e. The average molecular weight is 560 g/mol. The molecule has 3 rings (SSSR count). The molecule has 1 atom stereocenters. The molecule has 1 unspecified atom stereocenters. The molecular weight excluding hydrogens is 515 g/mol. The Morgan fingerprint density at radius 1 is 1.07 bits per heavy atom. The number of aromatic nitrogens is 1. The number of hydrogen-bond acceptors (Lipinski definition) is 4. The SMILES string of the molecule is C=C(/C=C/c1cn(CCCOP(OCCC#N)N(C(C)C)C(C)C)c2ccccc12)c1ccccc1[N+](C)=CC. The lowest BCUT2D eigenvalue weighted by Crippen LogP contribution is -2.33. The summed E-state index contributed by atoms with van der Waals surface area (Å²) in [6.07, 6.45) is 9.76. The minimum absolute atomic E-state index is 0.290. The van der Waals surface area contributed by atoms with Crippen LogP contribution in [0.25, 0.3) is 22.6 Å². The van der Waals surface area contributed by atoms with E-state index in [1.807, 2.05) is 6.92 Å². The molecule has 3 aromatic rings. The number of rotatable bonds is 15. The lowest BCUT2D eigenvalue weighted by Gasteiger charge is -2.35. The lowest BCUT2D eigenvalue weighted by atomic mass is 10.0. The number of aryl methyl sites for hydroxylation is 1. The number of fused-ring (bicyclic) bond motifs is 1. The molecular formula is C33H44N4O2P+. The predicted molar refractivity (Wildman–Crippen MR) is 170 cm³/mol. The van der Waals surface area contributed by atoms with Crippen molar-refractivity contribution in [3.63, 3.8) is 0 Å². The molecule has 0 radical (unpaired) electrons. The van der Waals surface area contributed by atoms with Crippen LogP contribution in [0.5, 0.6) is 0 Å². The molecule has 0 N–H and O–H groups in total. The van der Waals surface area contributed by atoms with Gasteiger partial charge in [0, 0.05) is 48.7 Å². The average Bonchev–Trinajstić information content (AvgIpc) is 3.30. The Morgan fingerprint density at radius 3 is 2.45 bits per heavy atom. The minimum atomic E-state index is -1.22. The van der Waals surface area contributed by atoms with E-state index in [0.29, 0.717) is 19.6 Å². The Morgan fingerprint density at radius 2 is 1.75 bits per heavy atom. The van der Waals surface area contributed by atoms with Gasteiger partial charge in [-0.2, -0.15) is 5.26 Å². The lowest BCUT2D eigenvalue weighted by molar-refractivity contribution is -0.400. The minimum Gasteiger partial charge on any atom is -0.347 e. The third kappa shape index (κ3) is 8.22. The summed E-state index contributed by atoms with van der Waals surface area (Å²) in [5, 5.41) is 10.2. The normalized spacial score (nSPS) is 13.2. The van der Waals surface area contributed by atoms with Crippen molar-refractivity contribution in [3.05, 3.63) is 78.5 Å². The van der Waals surface area contributed by atoms with E-state index < -0.39 is 8.53 Å². The van der Waals surface area contributed by atoms with Crippen molar-refractivity contribution in [1.82, 2.24) is 9.24 Å². The van der Waals surface area contributed by atoms with E-state index in [9.17, 15) is 0 Å². The summed E-state index contributed by atoms with van der Waals surface area (Å²) in [5.41, 5.74) is 5.59. The summed E-state index contributed by atoms with van der Waals surface area (Å²) in [5.74, 6) is 0. The predicted octanol–water partition coefficient (Wildman–Crippen LogP) is 8.42. The van der Waals surface area contributed by atoms with Crippen LogP contribution in [0.15, 0.2) is 67.4 Å². The number of benzene rings is 2. The highest BCUT2D eigenvalue weighted by atomic mass is 31.2. The summed E-state index contributed by atoms with van der Waals surface area (Å²) >= 11 is 0. The third-order valence-electron chi connectivity index (χ3n) is 6.71. The monoisotopic (exact) mass is 559 g/mol. The van der Waals surface area contributed by atoms with Gasteiger partial charge in [0.2, 0.25) is 5.69 Å². The Hall–Kier alpha value is -3.07. The Labute approximate surface area is 241 Å². The highest BCUT2D eigenvalue weighted by molar-refractivity contribution is 7.44. The zero-order valence-corrected chi connectivity index (χ0v) is 25.8. The van der Waals surface area contributed by atoms with Gasteiger partial charge >= 0.3 is 0 Å². The van der Waals surface area contributed by atoms with Gasteiger partial charge in [-0.25, -0.2) is 9.25 Å². The van der Waals surface area contributed by atoms with Crippen LogP contribution in [0, 0.1) is 11.3 Å². The van der Waals surface area contributed by atoms with Crippen LogP contribution < -0.4 is 0 Å². The van der Waals surface area contributed by atoms with Gasteiger partial charge in [0.25, 0.3) is 8.53 Å². The number of para-hydroxylation sites is 2. The van der Waals surface area contributed by atoms with E-state index >= 15 is 0 Å². The topological polar surface area (TPSA) is 53.4 Å². The van der Waals surface area contributed by atoms with Gasteiger partial charge in [-0.05, 0) is 57.4 Å². The maximum absolute atomic E-state index is 8.94. The van der Waals surface area contributed by atoms with E-state index in [1.54, 1.807) is 0 Å². The molecule has 1 heterocycles. The maximum Gasteiger partial charge on any atom is 0.259 e. The quantitative estimate of drug-likeness (QED) is 0.0617. The molecule has 0 fully saturated rings. The molecule has 0 aliphatic heterocycles. The summed E-state index contributed by atoms with van der Waals surface area (Å²) in [6, 6.07) is 19.6. The third-order valence-corrected chi connectivity index (χ3v) is 8.82. The van der Waals surface area contributed by atoms with Crippen molar-refractivity contribution in [2.45, 2.75) is 66.1 Å². The molecule has 6 nitrogen and oxygen atoms in total. The standard InChI is InChI=1S/C33H44N4O2P/c1-8-35(7)32-17-11-9-15-30(32)28(6)19-20-29-25-36(33-18-12-10-16-31(29)33)22-14-24-39-40(38-23-13-21-34)37(26(2)3)27(4)5/h8-12,15-20,25-27H,6,13-14,22-24H2,1-5,7H3/q+1/b20-19+,35-8?. The van der Waals surface area contributed by atoms with Crippen LogP contribution >= 0.6 is 8.53 Å². The fraction of sp³-hybridized carbons (Fsp3) is 0.394. The molecule has 0 aliphatic rings. The van der Waals surface area contributed by atoms with Crippen molar-refractivity contribution in [1.29, 1.82) is 5.26 Å². The van der Waals surface area contributed by atoms with Gasteiger partial charge in [-0.3, -0.25) is 0 Å². The molecule has 0 bridgehead atoms. The van der Waals surface area contributed by atoms with Gasteiger partial charge < -0.3 is 13.6 Å². The fourth-order valence-corrected chi connectivity index (χ4v) is 6.38. The Kier molecular flexibility index (Phi) is 12.3. The van der Waals surface area contributed by atoms with Crippen molar-refractivity contribution in [2.75, 3.05) is 20.3 Å². The number of nitriles is 1. The van der Waals surface area contributed by atoms with Gasteiger partial charge in [0.05, 0.1) is 31.3 Å². The molecule has 1 aromatic heterocycles. The molecule has 212 valence electrons. The van der Waals surface area contributed by atoms with Crippen LogP contribution in [-0.4, -0.2) is 52.4 Å². The fourth-order valence-electron chi connectivity index (χ4n) is 4.76. The van der Waals surface area contributed by atoms with Crippen molar-refractivity contribution in [2.24, 2.45) is 0 Å². The summed E-state index contributed by atoms with van der Waals surface area (Å²) in [4.78, 5) is 0. The van der Waals surface area contributed by atoms with Gasteiger partial charge in [-0.1, -0.05) is 49.1 Å². The van der Waals surface area contributed by atoms with Crippen LogP contribution in [-0.2, 0) is 15.6 Å². The zero-order chi connectivity index (χ0) is 29.1. The van der Waals surface area contributed by atoms with E-state index in [1.165, 1.54) is 16.5 Å². The molecule has 0 aliphatic carbocycles. The zero-order valence-electron chi connectivity index (χ0n) is 24.9. The maximum atomic E-state index is 8.94. The van der Waals surface area contributed by atoms with Crippen LogP contribution in [0.3, 0.4) is 0 Å². The number of allylic oxidation sites excluding steroid dienone is 2. The van der Waals surface area contributed by atoms with Crippen LogP contribution in [0.4, 0.5) is 5.69 Å². The first-order chi connectivity index (χ1) is 19.3. The number of nitrogens with zero attached hydrogens (tertiary/aromatic N) is 4. The van der Waals surface area contributed by atoms with Crippen LogP contribution in [0.1, 0.15) is 58.6 Å². The van der Waals surface area contributed by atoms with Crippen LogP contribution in [0.2, 0.25) is 0 Å². The van der Waals surface area contributed by atoms with Crippen molar-refractivity contribution in [3.8, 4) is 6.07 Å². The number of hydrogen-bond donors (Lipinski definition) is 0. The van der Waals surface area contributed by atoms with E-state index in [2.05, 4.69) is 134 Å². The van der Waals surface area contributed by atoms with Crippen molar-refractivity contribution < 1.29 is 13.6 Å².